The lowest BCUT2D eigenvalue weighted by atomic mass is 9.92. The highest BCUT2D eigenvalue weighted by molar-refractivity contribution is 6.30. The Labute approximate surface area is 148 Å². The molecule has 2 atom stereocenters. The van der Waals surface area contributed by atoms with Crippen LogP contribution in [0.4, 0.5) is 0 Å². The first-order valence-corrected chi connectivity index (χ1v) is 8.70. The van der Waals surface area contributed by atoms with E-state index in [1.54, 1.807) is 18.2 Å². The first kappa shape index (κ1) is 15.0. The van der Waals surface area contributed by atoms with Crippen LogP contribution in [-0.2, 0) is 11.2 Å². The molecule has 2 aromatic carbocycles. The van der Waals surface area contributed by atoms with Crippen molar-refractivity contribution in [1.29, 1.82) is 0 Å². The van der Waals surface area contributed by atoms with Gasteiger partial charge in [-0.25, -0.2) is 0 Å². The van der Waals surface area contributed by atoms with Gasteiger partial charge in [0, 0.05) is 16.5 Å². The summed E-state index contributed by atoms with van der Waals surface area (Å²) in [5.74, 6) is 1.07. The largest absolute Gasteiger partial charge is 0.464 e. The molecule has 0 radical (unpaired) electrons. The maximum Gasteiger partial charge on any atom is 0.203 e. The number of benzene rings is 2. The van der Waals surface area contributed by atoms with Gasteiger partial charge in [0.05, 0.1) is 17.6 Å². The van der Waals surface area contributed by atoms with E-state index in [2.05, 4.69) is 0 Å². The molecule has 5 heteroatoms. The molecule has 25 heavy (non-hydrogen) atoms. The summed E-state index contributed by atoms with van der Waals surface area (Å²) < 4.78 is 17.4. The van der Waals surface area contributed by atoms with Gasteiger partial charge in [-0.05, 0) is 42.7 Å². The summed E-state index contributed by atoms with van der Waals surface area (Å²) in [6, 6.07) is 10.8. The summed E-state index contributed by atoms with van der Waals surface area (Å²) in [6.07, 6.45) is 3.13. The van der Waals surface area contributed by atoms with Crippen molar-refractivity contribution >= 4 is 22.6 Å². The second-order valence-electron chi connectivity index (χ2n) is 6.51. The van der Waals surface area contributed by atoms with Crippen LogP contribution in [0, 0.1) is 5.92 Å². The van der Waals surface area contributed by atoms with Crippen LogP contribution < -0.4 is 10.2 Å². The Balaban J connectivity index is 1.67. The minimum Gasteiger partial charge on any atom is -0.464 e. The highest BCUT2D eigenvalue weighted by atomic mass is 35.5. The van der Waals surface area contributed by atoms with Gasteiger partial charge in [-0.2, -0.15) is 0 Å². The minimum atomic E-state index is -0.176. The number of ether oxygens (including phenoxy) is 2. The summed E-state index contributed by atoms with van der Waals surface area (Å²) in [7, 11) is 0. The number of hydrogen-bond acceptors (Lipinski definition) is 4. The average molecular weight is 355 g/mol. The van der Waals surface area contributed by atoms with Gasteiger partial charge < -0.3 is 13.9 Å². The quantitative estimate of drug-likeness (QED) is 0.649. The summed E-state index contributed by atoms with van der Waals surface area (Å²) in [5.41, 5.74) is 2.85. The summed E-state index contributed by atoms with van der Waals surface area (Å²) in [5, 5.41) is 1.21. The Morgan fingerprint density at radius 3 is 2.76 bits per heavy atom. The first-order valence-electron chi connectivity index (χ1n) is 8.32. The number of halogens is 1. The summed E-state index contributed by atoms with van der Waals surface area (Å²) in [6.45, 7) is 0.714. The zero-order valence-corrected chi connectivity index (χ0v) is 14.1. The molecule has 3 aromatic rings. The van der Waals surface area contributed by atoms with Crippen molar-refractivity contribution in [2.45, 2.75) is 19.1 Å². The van der Waals surface area contributed by atoms with E-state index in [4.69, 9.17) is 25.5 Å². The van der Waals surface area contributed by atoms with Crippen LogP contribution in [0.25, 0.3) is 22.1 Å². The number of rotatable bonds is 1. The lowest BCUT2D eigenvalue weighted by Crippen LogP contribution is -2.29. The van der Waals surface area contributed by atoms with Gasteiger partial charge in [-0.15, -0.1) is 0 Å². The predicted octanol–water partition coefficient (Wildman–Crippen LogP) is 4.41. The molecule has 126 valence electrons. The lowest BCUT2D eigenvalue weighted by Gasteiger charge is -2.27. The first-order chi connectivity index (χ1) is 12.2. The third-order valence-corrected chi connectivity index (χ3v) is 5.27. The number of fused-ring (bicyclic) bond motifs is 4. The van der Waals surface area contributed by atoms with Crippen molar-refractivity contribution in [2.24, 2.45) is 5.92 Å². The van der Waals surface area contributed by atoms with Crippen molar-refractivity contribution in [2.75, 3.05) is 6.61 Å². The van der Waals surface area contributed by atoms with E-state index in [-0.39, 0.29) is 11.7 Å². The Bertz CT molecular complexity index is 1020. The van der Waals surface area contributed by atoms with Crippen LogP contribution in [0.1, 0.15) is 12.0 Å². The SMILES string of the molecule is O=c1c(-c2ccc(Cl)cc2)coc2c3c(ccc12)OC1OCCC1C3. The maximum absolute atomic E-state index is 13.0. The molecule has 1 fully saturated rings. The standard InChI is InChI=1S/C20H15ClO4/c21-13-3-1-11(2-4-13)16-10-24-19-14(18(16)22)5-6-17-15(19)9-12-7-8-23-20(12)25-17/h1-6,10,12,20H,7-9H2. The highest BCUT2D eigenvalue weighted by Gasteiger charge is 2.36. The van der Waals surface area contributed by atoms with Gasteiger partial charge in [-0.1, -0.05) is 23.7 Å². The Kier molecular flexibility index (Phi) is 3.37. The molecule has 1 saturated heterocycles. The van der Waals surface area contributed by atoms with E-state index in [1.165, 1.54) is 6.26 Å². The van der Waals surface area contributed by atoms with Gasteiger partial charge in [0.25, 0.3) is 0 Å². The topological polar surface area (TPSA) is 48.7 Å². The summed E-state index contributed by atoms with van der Waals surface area (Å²) in [4.78, 5) is 13.0. The van der Waals surface area contributed by atoms with Gasteiger partial charge in [0.15, 0.2) is 0 Å². The van der Waals surface area contributed by atoms with Crippen LogP contribution in [0.3, 0.4) is 0 Å². The molecule has 0 spiro atoms. The molecule has 0 aliphatic carbocycles. The molecular formula is C20H15ClO4. The third-order valence-electron chi connectivity index (χ3n) is 5.02. The monoisotopic (exact) mass is 354 g/mol. The van der Waals surface area contributed by atoms with Crippen molar-refractivity contribution in [3.8, 4) is 16.9 Å². The molecule has 4 nitrogen and oxygen atoms in total. The second kappa shape index (κ2) is 5.61. The van der Waals surface area contributed by atoms with E-state index in [0.29, 0.717) is 34.1 Å². The molecule has 0 amide bonds. The van der Waals surface area contributed by atoms with Gasteiger partial charge in [0.1, 0.15) is 17.6 Å². The molecule has 2 unspecified atom stereocenters. The third kappa shape index (κ3) is 2.36. The fraction of sp³-hybridized carbons (Fsp3) is 0.250. The van der Waals surface area contributed by atoms with Gasteiger partial charge in [-0.3, -0.25) is 4.79 Å². The normalized spacial score (nSPS) is 21.6. The van der Waals surface area contributed by atoms with E-state index in [9.17, 15) is 4.79 Å². The van der Waals surface area contributed by atoms with Crippen molar-refractivity contribution in [3.63, 3.8) is 0 Å². The second-order valence-corrected chi connectivity index (χ2v) is 6.95. The Morgan fingerprint density at radius 1 is 1.08 bits per heavy atom. The zero-order chi connectivity index (χ0) is 17.0. The lowest BCUT2D eigenvalue weighted by molar-refractivity contribution is -0.0697. The van der Waals surface area contributed by atoms with Crippen molar-refractivity contribution in [1.82, 2.24) is 0 Å². The fourth-order valence-corrected chi connectivity index (χ4v) is 3.82. The van der Waals surface area contributed by atoms with Crippen molar-refractivity contribution in [3.05, 3.63) is 63.5 Å². The van der Waals surface area contributed by atoms with Crippen LogP contribution in [-0.4, -0.2) is 12.9 Å². The molecular weight excluding hydrogens is 340 g/mol. The Morgan fingerprint density at radius 2 is 1.92 bits per heavy atom. The Hall–Kier alpha value is -2.30. The highest BCUT2D eigenvalue weighted by Crippen LogP contribution is 2.39. The average Bonchev–Trinajstić information content (AvgIpc) is 3.08. The molecule has 0 saturated carbocycles. The molecule has 3 heterocycles. The summed E-state index contributed by atoms with van der Waals surface area (Å²) >= 11 is 5.93. The van der Waals surface area contributed by atoms with Gasteiger partial charge in [0.2, 0.25) is 11.7 Å². The van der Waals surface area contributed by atoms with E-state index in [1.807, 2.05) is 18.2 Å². The molecule has 2 aliphatic rings. The van der Waals surface area contributed by atoms with Crippen LogP contribution in [0.2, 0.25) is 5.02 Å². The van der Waals surface area contributed by atoms with Crippen LogP contribution in [0.5, 0.6) is 5.75 Å². The maximum atomic E-state index is 13.0. The number of hydrogen-bond donors (Lipinski definition) is 0. The molecule has 0 N–H and O–H groups in total. The van der Waals surface area contributed by atoms with Crippen molar-refractivity contribution < 1.29 is 13.9 Å². The van der Waals surface area contributed by atoms with E-state index in [0.717, 1.165) is 29.7 Å². The van der Waals surface area contributed by atoms with E-state index >= 15 is 0 Å². The molecule has 0 bridgehead atoms. The molecule has 2 aliphatic heterocycles. The minimum absolute atomic E-state index is 0.0452. The predicted molar refractivity (Wildman–Crippen MR) is 95.1 cm³/mol. The van der Waals surface area contributed by atoms with Crippen LogP contribution >= 0.6 is 11.6 Å². The zero-order valence-electron chi connectivity index (χ0n) is 13.3. The fourth-order valence-electron chi connectivity index (χ4n) is 3.70. The smallest absolute Gasteiger partial charge is 0.203 e. The van der Waals surface area contributed by atoms with E-state index < -0.39 is 0 Å². The van der Waals surface area contributed by atoms with Gasteiger partial charge >= 0.3 is 0 Å². The molecule has 5 rings (SSSR count). The van der Waals surface area contributed by atoms with Crippen LogP contribution in [0.15, 0.2) is 51.9 Å². The molecule has 1 aromatic heterocycles.